The summed E-state index contributed by atoms with van der Waals surface area (Å²) in [5, 5.41) is 9.03. The van der Waals surface area contributed by atoms with Gasteiger partial charge < -0.3 is 25.4 Å². The molecule has 2 aromatic carbocycles. The van der Waals surface area contributed by atoms with Gasteiger partial charge in [-0.1, -0.05) is 19.9 Å². The third-order valence-electron chi connectivity index (χ3n) is 4.95. The topological polar surface area (TPSA) is 88.7 Å². The molecule has 0 aromatic heterocycles. The minimum atomic E-state index is -0.274. The van der Waals surface area contributed by atoms with Crippen LogP contribution in [0.25, 0.3) is 0 Å². The average molecular weight is 397 g/mol. The summed E-state index contributed by atoms with van der Waals surface area (Å²) < 4.78 is 10.5. The number of anilines is 2. The number of benzene rings is 2. The Morgan fingerprint density at radius 3 is 2.52 bits per heavy atom. The van der Waals surface area contributed by atoms with Gasteiger partial charge >= 0.3 is 0 Å². The monoisotopic (exact) mass is 397 g/mol. The zero-order valence-corrected chi connectivity index (χ0v) is 17.2. The number of ether oxygens (including phenoxy) is 2. The van der Waals surface area contributed by atoms with E-state index in [0.717, 1.165) is 11.3 Å². The van der Waals surface area contributed by atoms with Crippen LogP contribution in [0, 0.1) is 5.92 Å². The molecule has 0 fully saturated rings. The van der Waals surface area contributed by atoms with Gasteiger partial charge in [0.2, 0.25) is 5.91 Å². The number of rotatable bonds is 7. The molecule has 1 aliphatic heterocycles. The molecule has 0 saturated carbocycles. The number of carbonyl (C=O) groups is 2. The molecule has 1 heterocycles. The molecule has 29 heavy (non-hydrogen) atoms. The third-order valence-corrected chi connectivity index (χ3v) is 4.95. The van der Waals surface area contributed by atoms with E-state index in [4.69, 9.17) is 9.47 Å². The number of hydrogen-bond donors (Lipinski definition) is 3. The van der Waals surface area contributed by atoms with Gasteiger partial charge in [0.25, 0.3) is 5.91 Å². The Morgan fingerprint density at radius 1 is 1.07 bits per heavy atom. The van der Waals surface area contributed by atoms with Gasteiger partial charge in [-0.15, -0.1) is 0 Å². The molecule has 3 rings (SSSR count). The standard InChI is InChI=1S/C22H27N3O4/c1-13(2)20-22(27)25-17-12-15(6-7-16(17)24-20)21(26)23-10-9-14-5-8-18(28-3)19(11-14)29-4/h5-8,11-13,20,24H,9-10H2,1-4H3,(H,23,26)(H,25,27)/t20-/m0/s1. The summed E-state index contributed by atoms with van der Waals surface area (Å²) in [6.07, 6.45) is 0.658. The Bertz CT molecular complexity index is 911. The number of fused-ring (bicyclic) bond motifs is 1. The highest BCUT2D eigenvalue weighted by molar-refractivity contribution is 6.05. The lowest BCUT2D eigenvalue weighted by atomic mass is 9.99. The minimum absolute atomic E-state index is 0.0847. The Balaban J connectivity index is 1.61. The highest BCUT2D eigenvalue weighted by Gasteiger charge is 2.28. The lowest BCUT2D eigenvalue weighted by Gasteiger charge is -2.29. The summed E-state index contributed by atoms with van der Waals surface area (Å²) in [6.45, 7) is 4.45. The van der Waals surface area contributed by atoms with Crippen LogP contribution in [0.2, 0.25) is 0 Å². The molecule has 7 heteroatoms. The molecular formula is C22H27N3O4. The highest BCUT2D eigenvalue weighted by Crippen LogP contribution is 2.30. The maximum atomic E-state index is 12.5. The Hall–Kier alpha value is -3.22. The first kappa shape index (κ1) is 20.5. The lowest BCUT2D eigenvalue weighted by Crippen LogP contribution is -2.42. The second kappa shape index (κ2) is 8.86. The fourth-order valence-corrected chi connectivity index (χ4v) is 3.29. The molecule has 2 amide bonds. The largest absolute Gasteiger partial charge is 0.493 e. The quantitative estimate of drug-likeness (QED) is 0.668. The molecule has 7 nitrogen and oxygen atoms in total. The summed E-state index contributed by atoms with van der Waals surface area (Å²) in [6, 6.07) is 10.7. The van der Waals surface area contributed by atoms with Crippen molar-refractivity contribution < 1.29 is 19.1 Å². The van der Waals surface area contributed by atoms with Crippen molar-refractivity contribution in [3.63, 3.8) is 0 Å². The molecule has 0 spiro atoms. The van der Waals surface area contributed by atoms with Crippen LogP contribution >= 0.6 is 0 Å². The summed E-state index contributed by atoms with van der Waals surface area (Å²) in [4.78, 5) is 24.7. The van der Waals surface area contributed by atoms with Crippen molar-refractivity contribution in [3.05, 3.63) is 47.5 Å². The van der Waals surface area contributed by atoms with E-state index in [0.29, 0.717) is 35.7 Å². The van der Waals surface area contributed by atoms with E-state index in [-0.39, 0.29) is 23.8 Å². The summed E-state index contributed by atoms with van der Waals surface area (Å²) in [5.74, 6) is 1.23. The molecule has 0 radical (unpaired) electrons. The second-order valence-corrected chi connectivity index (χ2v) is 7.31. The summed E-state index contributed by atoms with van der Waals surface area (Å²) >= 11 is 0. The van der Waals surface area contributed by atoms with Crippen molar-refractivity contribution in [2.75, 3.05) is 31.4 Å². The maximum Gasteiger partial charge on any atom is 0.251 e. The van der Waals surface area contributed by atoms with E-state index < -0.39 is 0 Å². The van der Waals surface area contributed by atoms with E-state index in [1.807, 2.05) is 38.1 Å². The van der Waals surface area contributed by atoms with Crippen LogP contribution in [0.3, 0.4) is 0 Å². The van der Waals surface area contributed by atoms with Gasteiger partial charge in [0.05, 0.1) is 25.6 Å². The molecule has 2 aromatic rings. The van der Waals surface area contributed by atoms with Crippen LogP contribution in [0.5, 0.6) is 11.5 Å². The SMILES string of the molecule is COc1ccc(CCNC(=O)c2ccc3c(c2)NC(=O)[C@H](C(C)C)N3)cc1OC. The van der Waals surface area contributed by atoms with Crippen molar-refractivity contribution in [1.82, 2.24) is 5.32 Å². The van der Waals surface area contributed by atoms with Crippen molar-refractivity contribution in [2.45, 2.75) is 26.3 Å². The number of methoxy groups -OCH3 is 2. The van der Waals surface area contributed by atoms with E-state index in [2.05, 4.69) is 16.0 Å². The predicted octanol–water partition coefficient (Wildman–Crippen LogP) is 3.06. The smallest absolute Gasteiger partial charge is 0.251 e. The van der Waals surface area contributed by atoms with Crippen LogP contribution in [0.4, 0.5) is 11.4 Å². The molecule has 1 aliphatic rings. The Labute approximate surface area is 170 Å². The zero-order chi connectivity index (χ0) is 21.0. The van der Waals surface area contributed by atoms with Crippen LogP contribution in [0.1, 0.15) is 29.8 Å². The van der Waals surface area contributed by atoms with E-state index >= 15 is 0 Å². The van der Waals surface area contributed by atoms with Crippen molar-refractivity contribution in [3.8, 4) is 11.5 Å². The van der Waals surface area contributed by atoms with Crippen LogP contribution in [0.15, 0.2) is 36.4 Å². The predicted molar refractivity (Wildman–Crippen MR) is 113 cm³/mol. The normalized spacial score (nSPS) is 15.2. The number of nitrogens with one attached hydrogen (secondary N) is 3. The molecule has 0 saturated heterocycles. The van der Waals surface area contributed by atoms with Gasteiger partial charge in [-0.25, -0.2) is 0 Å². The van der Waals surface area contributed by atoms with E-state index in [9.17, 15) is 9.59 Å². The molecule has 0 aliphatic carbocycles. The number of hydrogen-bond acceptors (Lipinski definition) is 5. The Morgan fingerprint density at radius 2 is 1.83 bits per heavy atom. The molecule has 154 valence electrons. The van der Waals surface area contributed by atoms with E-state index in [1.165, 1.54) is 0 Å². The fraction of sp³-hybridized carbons (Fsp3) is 0.364. The first-order valence-electron chi connectivity index (χ1n) is 9.63. The van der Waals surface area contributed by atoms with Gasteiger partial charge in [-0.2, -0.15) is 0 Å². The van der Waals surface area contributed by atoms with Crippen molar-refractivity contribution in [1.29, 1.82) is 0 Å². The van der Waals surface area contributed by atoms with Crippen molar-refractivity contribution >= 4 is 23.2 Å². The first-order chi connectivity index (χ1) is 13.9. The highest BCUT2D eigenvalue weighted by atomic mass is 16.5. The fourth-order valence-electron chi connectivity index (χ4n) is 3.29. The Kier molecular flexibility index (Phi) is 6.26. The van der Waals surface area contributed by atoms with Gasteiger partial charge in [0.1, 0.15) is 6.04 Å². The number of carbonyl (C=O) groups excluding carboxylic acids is 2. The van der Waals surface area contributed by atoms with Crippen LogP contribution in [-0.2, 0) is 11.2 Å². The van der Waals surface area contributed by atoms with E-state index in [1.54, 1.807) is 26.4 Å². The molecule has 3 N–H and O–H groups in total. The molecule has 1 atom stereocenters. The number of amides is 2. The molecular weight excluding hydrogens is 370 g/mol. The van der Waals surface area contributed by atoms with Crippen molar-refractivity contribution in [2.24, 2.45) is 5.92 Å². The third kappa shape index (κ3) is 4.62. The van der Waals surface area contributed by atoms with Crippen LogP contribution < -0.4 is 25.4 Å². The second-order valence-electron chi connectivity index (χ2n) is 7.31. The van der Waals surface area contributed by atoms with Gasteiger partial charge in [0.15, 0.2) is 11.5 Å². The average Bonchev–Trinajstić information content (AvgIpc) is 2.72. The van der Waals surface area contributed by atoms with Gasteiger partial charge in [-0.3, -0.25) is 9.59 Å². The van der Waals surface area contributed by atoms with Gasteiger partial charge in [-0.05, 0) is 48.2 Å². The lowest BCUT2D eigenvalue weighted by molar-refractivity contribution is -0.117. The summed E-state index contributed by atoms with van der Waals surface area (Å²) in [5.41, 5.74) is 2.98. The first-order valence-corrected chi connectivity index (χ1v) is 9.63. The minimum Gasteiger partial charge on any atom is -0.493 e. The van der Waals surface area contributed by atoms with Gasteiger partial charge in [0, 0.05) is 12.1 Å². The molecule has 0 unspecified atom stereocenters. The zero-order valence-electron chi connectivity index (χ0n) is 17.2. The maximum absolute atomic E-state index is 12.5. The molecule has 0 bridgehead atoms. The van der Waals surface area contributed by atoms with Crippen LogP contribution in [-0.4, -0.2) is 38.6 Å². The summed E-state index contributed by atoms with van der Waals surface area (Å²) in [7, 11) is 3.19.